The number of benzene rings is 1. The molecule has 22 heavy (non-hydrogen) atoms. The Kier molecular flexibility index (Phi) is 3.47. The van der Waals surface area contributed by atoms with E-state index in [1.165, 1.54) is 12.8 Å². The molecule has 0 radical (unpaired) electrons. The van der Waals surface area contributed by atoms with E-state index in [1.807, 2.05) is 47.0 Å². The summed E-state index contributed by atoms with van der Waals surface area (Å²) in [6, 6.07) is 11.9. The first-order valence-corrected chi connectivity index (χ1v) is 7.88. The van der Waals surface area contributed by atoms with Crippen molar-refractivity contribution >= 4 is 17.2 Å². The third kappa shape index (κ3) is 2.66. The Labute approximate surface area is 133 Å². The Bertz CT molecular complexity index is 796. The fraction of sp³-hybridized carbons (Fsp3) is 0.294. The summed E-state index contributed by atoms with van der Waals surface area (Å²) in [4.78, 5) is 0. The predicted octanol–water partition coefficient (Wildman–Crippen LogP) is 3.91. The van der Waals surface area contributed by atoms with Gasteiger partial charge in [0.25, 0.3) is 0 Å². The van der Waals surface area contributed by atoms with Crippen molar-refractivity contribution in [3.8, 4) is 5.75 Å². The van der Waals surface area contributed by atoms with Gasteiger partial charge in [-0.25, -0.2) is 0 Å². The number of hydrogen-bond acceptors (Lipinski definition) is 3. The summed E-state index contributed by atoms with van der Waals surface area (Å²) in [5.41, 5.74) is 1.78. The quantitative estimate of drug-likeness (QED) is 0.717. The van der Waals surface area contributed by atoms with Crippen molar-refractivity contribution in [1.29, 1.82) is 0 Å². The molecule has 4 nitrogen and oxygen atoms in total. The molecule has 1 fully saturated rings. The van der Waals surface area contributed by atoms with Crippen molar-refractivity contribution in [3.05, 3.63) is 59.0 Å². The van der Waals surface area contributed by atoms with Gasteiger partial charge in [-0.05, 0) is 30.4 Å². The third-order valence-electron chi connectivity index (χ3n) is 3.96. The summed E-state index contributed by atoms with van der Waals surface area (Å²) in [6.45, 7) is 0.486. The Morgan fingerprint density at radius 2 is 1.95 bits per heavy atom. The highest BCUT2D eigenvalue weighted by Crippen LogP contribution is 2.34. The average molecular weight is 314 g/mol. The second kappa shape index (κ2) is 5.61. The molecular weight excluding hydrogens is 298 g/mol. The molecule has 0 unspecified atom stereocenters. The van der Waals surface area contributed by atoms with Gasteiger partial charge in [-0.2, -0.15) is 0 Å². The van der Waals surface area contributed by atoms with Gasteiger partial charge >= 0.3 is 0 Å². The Morgan fingerprint density at radius 1 is 1.14 bits per heavy atom. The zero-order valence-corrected chi connectivity index (χ0v) is 12.8. The van der Waals surface area contributed by atoms with Crippen LogP contribution in [0.3, 0.4) is 0 Å². The molecule has 1 aliphatic rings. The summed E-state index contributed by atoms with van der Waals surface area (Å²) in [5.74, 6) is 2.39. The lowest BCUT2D eigenvalue weighted by atomic mass is 10.2. The minimum atomic E-state index is 0.486. The number of pyridine rings is 1. The van der Waals surface area contributed by atoms with Gasteiger partial charge in [0.1, 0.15) is 23.2 Å². The van der Waals surface area contributed by atoms with Crippen LogP contribution in [0.5, 0.6) is 5.75 Å². The van der Waals surface area contributed by atoms with Crippen molar-refractivity contribution in [3.63, 3.8) is 0 Å². The van der Waals surface area contributed by atoms with E-state index in [0.29, 0.717) is 23.0 Å². The molecule has 0 N–H and O–H groups in total. The maximum absolute atomic E-state index is 6.42. The van der Waals surface area contributed by atoms with E-state index in [2.05, 4.69) is 10.2 Å². The first-order chi connectivity index (χ1) is 10.8. The highest BCUT2D eigenvalue weighted by Gasteiger charge is 2.24. The maximum Gasteiger partial charge on any atom is 0.183 e. The van der Waals surface area contributed by atoms with Crippen LogP contribution in [0.1, 0.15) is 24.2 Å². The molecule has 1 aromatic carbocycles. The zero-order valence-electron chi connectivity index (χ0n) is 12.1. The van der Waals surface area contributed by atoms with Gasteiger partial charge in [0, 0.05) is 12.6 Å². The number of halogens is 1. The van der Waals surface area contributed by atoms with Crippen molar-refractivity contribution in [1.82, 2.24) is 14.6 Å². The topological polar surface area (TPSA) is 39.4 Å². The minimum absolute atomic E-state index is 0.486. The van der Waals surface area contributed by atoms with Gasteiger partial charge < -0.3 is 4.74 Å². The van der Waals surface area contributed by atoms with E-state index in [1.54, 1.807) is 0 Å². The van der Waals surface area contributed by atoms with Gasteiger partial charge in [0.15, 0.2) is 5.65 Å². The summed E-state index contributed by atoms with van der Waals surface area (Å²) in [5, 5.41) is 9.01. The molecule has 2 aromatic heterocycles. The monoisotopic (exact) mass is 313 g/mol. The summed E-state index contributed by atoms with van der Waals surface area (Å²) < 4.78 is 7.79. The van der Waals surface area contributed by atoms with Crippen LogP contribution in [0, 0.1) is 5.92 Å². The number of fused-ring (bicyclic) bond motifs is 1. The van der Waals surface area contributed by atoms with E-state index < -0.39 is 0 Å². The Hall–Kier alpha value is -2.07. The number of aromatic nitrogens is 3. The summed E-state index contributed by atoms with van der Waals surface area (Å²) >= 11 is 6.42. The molecule has 5 heteroatoms. The number of nitrogens with zero attached hydrogens (tertiary/aromatic N) is 3. The predicted molar refractivity (Wildman–Crippen MR) is 85.2 cm³/mol. The molecule has 0 bridgehead atoms. The Balaban J connectivity index is 1.58. The molecule has 1 aliphatic carbocycles. The Morgan fingerprint density at radius 3 is 2.73 bits per heavy atom. The van der Waals surface area contributed by atoms with Crippen molar-refractivity contribution in [2.24, 2.45) is 5.92 Å². The van der Waals surface area contributed by atoms with E-state index in [4.69, 9.17) is 16.3 Å². The lowest BCUT2D eigenvalue weighted by molar-refractivity contribution is 0.306. The number of ether oxygens (including phenoxy) is 1. The van der Waals surface area contributed by atoms with Crippen LogP contribution >= 0.6 is 11.6 Å². The SMILES string of the molecule is Clc1c(OCc2ccccc2)ccn2c(CC3CC3)nnc12. The molecule has 0 amide bonds. The third-order valence-corrected chi connectivity index (χ3v) is 4.31. The van der Waals surface area contributed by atoms with Crippen molar-refractivity contribution < 1.29 is 4.74 Å². The van der Waals surface area contributed by atoms with Crippen molar-refractivity contribution in [2.75, 3.05) is 0 Å². The van der Waals surface area contributed by atoms with Crippen LogP contribution in [0.2, 0.25) is 5.02 Å². The molecule has 4 rings (SSSR count). The number of rotatable bonds is 5. The second-order valence-electron chi connectivity index (χ2n) is 5.73. The van der Waals surface area contributed by atoms with Gasteiger partial charge in [-0.1, -0.05) is 41.9 Å². The van der Waals surface area contributed by atoms with E-state index in [-0.39, 0.29) is 0 Å². The van der Waals surface area contributed by atoms with Crippen LogP contribution in [-0.4, -0.2) is 14.6 Å². The molecule has 2 heterocycles. The van der Waals surface area contributed by atoms with Gasteiger partial charge in [0.05, 0.1) is 0 Å². The first-order valence-electron chi connectivity index (χ1n) is 7.50. The van der Waals surface area contributed by atoms with Crippen LogP contribution in [0.4, 0.5) is 0 Å². The lowest BCUT2D eigenvalue weighted by Gasteiger charge is -2.09. The van der Waals surface area contributed by atoms with E-state index in [0.717, 1.165) is 23.7 Å². The molecule has 0 saturated heterocycles. The standard InChI is InChI=1S/C17H16ClN3O/c18-16-14(22-11-13-4-2-1-3-5-13)8-9-21-15(10-12-6-7-12)19-20-17(16)21/h1-5,8-9,12H,6-7,10-11H2. The van der Waals surface area contributed by atoms with E-state index >= 15 is 0 Å². The van der Waals surface area contributed by atoms with Gasteiger partial charge in [0.2, 0.25) is 0 Å². The summed E-state index contributed by atoms with van der Waals surface area (Å²) in [7, 11) is 0. The molecule has 0 aliphatic heterocycles. The molecular formula is C17H16ClN3O. The fourth-order valence-corrected chi connectivity index (χ4v) is 2.77. The molecule has 3 aromatic rings. The van der Waals surface area contributed by atoms with E-state index in [9.17, 15) is 0 Å². The lowest BCUT2D eigenvalue weighted by Crippen LogP contribution is -1.99. The largest absolute Gasteiger partial charge is 0.487 e. The molecule has 0 atom stereocenters. The minimum Gasteiger partial charge on any atom is -0.487 e. The van der Waals surface area contributed by atoms with Crippen LogP contribution < -0.4 is 4.74 Å². The second-order valence-corrected chi connectivity index (χ2v) is 6.10. The van der Waals surface area contributed by atoms with Gasteiger partial charge in [-0.15, -0.1) is 10.2 Å². The van der Waals surface area contributed by atoms with Gasteiger partial charge in [-0.3, -0.25) is 4.40 Å². The highest BCUT2D eigenvalue weighted by atomic mass is 35.5. The maximum atomic E-state index is 6.42. The highest BCUT2D eigenvalue weighted by molar-refractivity contribution is 6.34. The van der Waals surface area contributed by atoms with Crippen LogP contribution in [0.15, 0.2) is 42.6 Å². The van der Waals surface area contributed by atoms with Crippen LogP contribution in [-0.2, 0) is 13.0 Å². The first kappa shape index (κ1) is 13.6. The fourth-order valence-electron chi connectivity index (χ4n) is 2.52. The average Bonchev–Trinajstić information content (AvgIpc) is 3.27. The normalized spacial score (nSPS) is 14.4. The molecule has 1 saturated carbocycles. The van der Waals surface area contributed by atoms with Crippen molar-refractivity contribution in [2.45, 2.75) is 25.9 Å². The molecule has 112 valence electrons. The zero-order chi connectivity index (χ0) is 14.9. The smallest absolute Gasteiger partial charge is 0.183 e. The summed E-state index contributed by atoms with van der Waals surface area (Å²) in [6.07, 6.45) is 5.50. The van der Waals surface area contributed by atoms with Crippen LogP contribution in [0.25, 0.3) is 5.65 Å². The number of hydrogen-bond donors (Lipinski definition) is 0. The molecule has 0 spiro atoms.